The van der Waals surface area contributed by atoms with Gasteiger partial charge in [0.15, 0.2) is 5.11 Å². The van der Waals surface area contributed by atoms with Gasteiger partial charge in [-0.25, -0.2) is 0 Å². The smallest absolute Gasteiger partial charge is 0.226 e. The van der Waals surface area contributed by atoms with Crippen LogP contribution in [0.25, 0.3) is 0 Å². The summed E-state index contributed by atoms with van der Waals surface area (Å²) >= 11 is 7.46. The van der Waals surface area contributed by atoms with Gasteiger partial charge in [0.05, 0.1) is 17.8 Å². The molecule has 0 aliphatic carbocycles. The zero-order valence-electron chi connectivity index (χ0n) is 17.1. The Morgan fingerprint density at radius 3 is 2.70 bits per heavy atom. The lowest BCUT2D eigenvalue weighted by atomic mass is 10.0. The summed E-state index contributed by atoms with van der Waals surface area (Å²) in [5, 5.41) is 9.22. The molecule has 3 heterocycles. The van der Waals surface area contributed by atoms with Gasteiger partial charge in [-0.2, -0.15) is 0 Å². The monoisotopic (exact) mass is 436 g/mol. The molecule has 2 aromatic heterocycles. The molecule has 2 atom stereocenters. The maximum atomic E-state index is 12.1. The van der Waals surface area contributed by atoms with Gasteiger partial charge in [0.1, 0.15) is 0 Å². The molecule has 0 saturated carbocycles. The summed E-state index contributed by atoms with van der Waals surface area (Å²) in [4.78, 5) is 20.0. The van der Waals surface area contributed by atoms with Crippen molar-refractivity contribution in [2.45, 2.75) is 32.9 Å². The van der Waals surface area contributed by atoms with Gasteiger partial charge >= 0.3 is 0 Å². The normalized spacial score (nSPS) is 18.5. The zero-order valence-corrected chi connectivity index (χ0v) is 18.8. The lowest BCUT2D eigenvalue weighted by Crippen LogP contribution is -2.29. The number of anilines is 2. The topological polar surface area (TPSA) is 57.3 Å². The van der Waals surface area contributed by atoms with Crippen LogP contribution in [-0.2, 0) is 4.79 Å². The maximum absolute atomic E-state index is 12.1. The van der Waals surface area contributed by atoms with Crippen LogP contribution in [0.4, 0.5) is 11.4 Å². The van der Waals surface area contributed by atoms with Gasteiger partial charge in [0.25, 0.3) is 0 Å². The second-order valence-corrected chi connectivity index (χ2v) is 9.02. The first-order chi connectivity index (χ1) is 14.5. The summed E-state index contributed by atoms with van der Waals surface area (Å²) < 4.78 is 0. The molecule has 1 saturated heterocycles. The lowest BCUT2D eigenvalue weighted by Gasteiger charge is -2.27. The fourth-order valence-corrected chi connectivity index (χ4v) is 4.79. The van der Waals surface area contributed by atoms with Gasteiger partial charge in [-0.05, 0) is 66.5 Å². The molecular weight excluding hydrogens is 412 g/mol. The average molecular weight is 437 g/mol. The molecule has 7 heteroatoms. The first-order valence-electron chi connectivity index (χ1n) is 9.91. The first kappa shape index (κ1) is 20.5. The van der Waals surface area contributed by atoms with Crippen LogP contribution in [0.3, 0.4) is 0 Å². The maximum Gasteiger partial charge on any atom is 0.226 e. The number of carbonyl (C=O) groups excluding carboxylic acids is 1. The highest BCUT2D eigenvalue weighted by Gasteiger charge is 2.41. The van der Waals surface area contributed by atoms with Crippen molar-refractivity contribution < 1.29 is 4.79 Å². The number of rotatable bonds is 5. The van der Waals surface area contributed by atoms with E-state index in [0.29, 0.717) is 5.11 Å². The van der Waals surface area contributed by atoms with E-state index in [1.807, 2.05) is 57.3 Å². The fourth-order valence-electron chi connectivity index (χ4n) is 3.60. The highest BCUT2D eigenvalue weighted by atomic mass is 32.1. The molecule has 1 fully saturated rings. The zero-order chi connectivity index (χ0) is 21.3. The largest absolute Gasteiger partial charge is 0.351 e. The predicted octanol–water partition coefficient (Wildman–Crippen LogP) is 5.22. The molecule has 1 amide bonds. The molecule has 1 aliphatic rings. The highest BCUT2D eigenvalue weighted by molar-refractivity contribution is 7.80. The summed E-state index contributed by atoms with van der Waals surface area (Å²) in [6.45, 7) is 5.77. The summed E-state index contributed by atoms with van der Waals surface area (Å²) in [6, 6.07) is 16.1. The SMILES string of the molecule is Cc1cc(N2C(=S)N[C@@H](c3ccccn3)[C@H]2c2cccs2)ccc1NC(=O)C(C)C. The van der Waals surface area contributed by atoms with E-state index in [-0.39, 0.29) is 23.9 Å². The van der Waals surface area contributed by atoms with Crippen molar-refractivity contribution in [3.05, 3.63) is 76.2 Å². The van der Waals surface area contributed by atoms with Crippen LogP contribution in [0.15, 0.2) is 60.1 Å². The van der Waals surface area contributed by atoms with Crippen molar-refractivity contribution in [1.29, 1.82) is 0 Å². The van der Waals surface area contributed by atoms with Crippen LogP contribution >= 0.6 is 23.6 Å². The Balaban J connectivity index is 1.71. The summed E-state index contributed by atoms with van der Waals surface area (Å²) in [7, 11) is 0. The molecule has 4 rings (SSSR count). The second kappa shape index (κ2) is 8.53. The van der Waals surface area contributed by atoms with E-state index in [1.54, 1.807) is 11.3 Å². The van der Waals surface area contributed by atoms with Crippen molar-refractivity contribution in [2.24, 2.45) is 5.92 Å². The number of aromatic nitrogens is 1. The van der Waals surface area contributed by atoms with Crippen molar-refractivity contribution in [3.8, 4) is 0 Å². The molecule has 0 bridgehead atoms. The van der Waals surface area contributed by atoms with E-state index < -0.39 is 0 Å². The van der Waals surface area contributed by atoms with Crippen LogP contribution in [0.1, 0.15) is 42.1 Å². The van der Waals surface area contributed by atoms with Crippen LogP contribution in [0.5, 0.6) is 0 Å². The molecule has 1 aromatic carbocycles. The second-order valence-electron chi connectivity index (χ2n) is 7.66. The van der Waals surface area contributed by atoms with E-state index in [4.69, 9.17) is 12.2 Å². The molecule has 5 nitrogen and oxygen atoms in total. The Morgan fingerprint density at radius 2 is 2.07 bits per heavy atom. The minimum Gasteiger partial charge on any atom is -0.351 e. The molecule has 2 N–H and O–H groups in total. The average Bonchev–Trinajstić information content (AvgIpc) is 3.37. The van der Waals surface area contributed by atoms with Crippen LogP contribution in [0, 0.1) is 12.8 Å². The lowest BCUT2D eigenvalue weighted by molar-refractivity contribution is -0.118. The molecule has 30 heavy (non-hydrogen) atoms. The number of hydrogen-bond acceptors (Lipinski definition) is 4. The molecule has 3 aromatic rings. The standard InChI is InChI=1S/C23H24N4OS2/c1-14(2)22(28)25-17-10-9-16(13-15(17)3)27-21(19-8-6-12-30-19)20(26-23(27)29)18-7-4-5-11-24-18/h4-14,20-21H,1-3H3,(H,25,28)(H,26,29)/t20-,21+/m0/s1. The molecular formula is C23H24N4OS2. The number of pyridine rings is 1. The molecule has 0 spiro atoms. The van der Waals surface area contributed by atoms with E-state index in [9.17, 15) is 4.79 Å². The number of carbonyl (C=O) groups is 1. The van der Waals surface area contributed by atoms with Gasteiger partial charge in [-0.1, -0.05) is 26.0 Å². The molecule has 0 radical (unpaired) electrons. The Bertz CT molecular complexity index is 1050. The van der Waals surface area contributed by atoms with Crippen LogP contribution < -0.4 is 15.5 Å². The summed E-state index contributed by atoms with van der Waals surface area (Å²) in [6.07, 6.45) is 1.81. The number of aryl methyl sites for hydroxylation is 1. The molecule has 1 aliphatic heterocycles. The third kappa shape index (κ3) is 3.95. The molecule has 154 valence electrons. The van der Waals surface area contributed by atoms with Crippen LogP contribution in [-0.4, -0.2) is 16.0 Å². The third-order valence-corrected chi connectivity index (χ3v) is 6.46. The van der Waals surface area contributed by atoms with E-state index >= 15 is 0 Å². The van der Waals surface area contributed by atoms with E-state index in [2.05, 4.69) is 44.1 Å². The Labute approximate surface area is 186 Å². The minimum atomic E-state index is -0.0678. The minimum absolute atomic E-state index is 0.00269. The van der Waals surface area contributed by atoms with Gasteiger partial charge in [-0.3, -0.25) is 9.78 Å². The van der Waals surface area contributed by atoms with Crippen molar-refractivity contribution >= 4 is 45.9 Å². The Morgan fingerprint density at radius 1 is 1.23 bits per heavy atom. The number of thiocarbonyl (C=S) groups is 1. The van der Waals surface area contributed by atoms with E-state index in [1.165, 1.54) is 4.88 Å². The Kier molecular flexibility index (Phi) is 5.83. The number of benzene rings is 1. The molecule has 0 unspecified atom stereocenters. The van der Waals surface area contributed by atoms with E-state index in [0.717, 1.165) is 22.6 Å². The van der Waals surface area contributed by atoms with Crippen LogP contribution in [0.2, 0.25) is 0 Å². The number of nitrogens with zero attached hydrogens (tertiary/aromatic N) is 2. The number of hydrogen-bond donors (Lipinski definition) is 2. The summed E-state index contributed by atoms with van der Waals surface area (Å²) in [5.41, 5.74) is 3.77. The Hall–Kier alpha value is -2.77. The van der Waals surface area contributed by atoms with Gasteiger partial charge in [-0.15, -0.1) is 11.3 Å². The summed E-state index contributed by atoms with van der Waals surface area (Å²) in [5.74, 6) is -0.0577. The first-order valence-corrected chi connectivity index (χ1v) is 11.2. The quantitative estimate of drug-likeness (QED) is 0.537. The number of thiophene rings is 1. The van der Waals surface area contributed by atoms with Crippen molar-refractivity contribution in [1.82, 2.24) is 10.3 Å². The highest BCUT2D eigenvalue weighted by Crippen LogP contribution is 2.43. The van der Waals surface area contributed by atoms with Crippen molar-refractivity contribution in [3.63, 3.8) is 0 Å². The fraction of sp³-hybridized carbons (Fsp3) is 0.261. The van der Waals surface area contributed by atoms with Gasteiger partial charge in [0, 0.05) is 28.4 Å². The van der Waals surface area contributed by atoms with Gasteiger partial charge < -0.3 is 15.5 Å². The van der Waals surface area contributed by atoms with Crippen molar-refractivity contribution in [2.75, 3.05) is 10.2 Å². The number of nitrogens with one attached hydrogen (secondary N) is 2. The van der Waals surface area contributed by atoms with Gasteiger partial charge in [0.2, 0.25) is 5.91 Å². The predicted molar refractivity (Wildman–Crippen MR) is 127 cm³/mol. The third-order valence-electron chi connectivity index (χ3n) is 5.20. The number of amides is 1.